The van der Waals surface area contributed by atoms with E-state index in [9.17, 15) is 22.8 Å². The third kappa shape index (κ3) is 6.76. The normalized spacial score (nSPS) is 19.9. The molecule has 2 saturated heterocycles. The number of hydrogen-bond acceptors (Lipinski definition) is 9. The highest BCUT2D eigenvalue weighted by Crippen LogP contribution is 2.62. The van der Waals surface area contributed by atoms with Gasteiger partial charge in [0.2, 0.25) is 11.4 Å². The molecule has 2 aliphatic heterocycles. The molecule has 0 aromatic heterocycles. The molecule has 0 radical (unpaired) electrons. The Morgan fingerprint density at radius 3 is 1.51 bits per heavy atom. The Bertz CT molecular complexity index is 2060. The summed E-state index contributed by atoms with van der Waals surface area (Å²) in [5.41, 5.74) is -0.0216. The monoisotopic (exact) mass is 784 g/mol. The molecule has 2 aliphatic rings. The molecule has 4 aromatic carbocycles. The van der Waals surface area contributed by atoms with Crippen LogP contribution in [0.1, 0.15) is 38.9 Å². The molecule has 0 N–H and O–H groups in total. The van der Waals surface area contributed by atoms with Gasteiger partial charge in [0, 0.05) is 13.1 Å². The molecular formula is C40H40ClF3N2O9. The average Bonchev–Trinajstić information content (AvgIpc) is 3.65. The number of ether oxygens (including phenoxy) is 7. The summed E-state index contributed by atoms with van der Waals surface area (Å²) in [6, 6.07) is 17.7. The number of carbonyl (C=O) groups excluding carboxylic acids is 2. The summed E-state index contributed by atoms with van der Waals surface area (Å²) < 4.78 is 81.3. The lowest BCUT2D eigenvalue weighted by atomic mass is 9.80. The molecule has 0 aliphatic carbocycles. The fourth-order valence-electron chi connectivity index (χ4n) is 7.73. The highest BCUT2D eigenvalue weighted by Gasteiger charge is 2.73. The number of alkyl halides is 3. The zero-order valence-corrected chi connectivity index (χ0v) is 32.0. The van der Waals surface area contributed by atoms with Crippen molar-refractivity contribution in [3.63, 3.8) is 0 Å². The van der Waals surface area contributed by atoms with E-state index in [1.165, 1.54) is 50.4 Å². The fraction of sp³-hybridized carbons (Fsp3) is 0.350. The maximum absolute atomic E-state index is 14.6. The lowest BCUT2D eigenvalue weighted by Gasteiger charge is -2.53. The van der Waals surface area contributed by atoms with Gasteiger partial charge in [-0.1, -0.05) is 47.5 Å². The molecule has 4 aromatic rings. The Kier molecular flexibility index (Phi) is 10.9. The molecular weight excluding hydrogens is 745 g/mol. The van der Waals surface area contributed by atoms with Gasteiger partial charge in [0.05, 0.1) is 44.6 Å². The van der Waals surface area contributed by atoms with Crippen molar-refractivity contribution in [3.05, 3.63) is 111 Å². The Morgan fingerprint density at radius 2 is 1.11 bits per heavy atom. The van der Waals surface area contributed by atoms with Gasteiger partial charge in [-0.05, 0) is 79.4 Å². The second-order valence-electron chi connectivity index (χ2n) is 13.1. The second kappa shape index (κ2) is 15.2. The standard InChI is InChI=1S/C40H40ClF3N2O9/c1-23-16-24(2)27(25(3)17-23)20-46-35(48)22-54-39(46,37-32(51-6)12-9-13-33(37)52-7)38(36-30(49-4)10-8-11-31(36)50-5)45(34(47)21-53-38)19-26-14-15-29(28(41)18-26)55-40(42,43)44/h8-18H,19-22H2,1-7H3. The highest BCUT2D eigenvalue weighted by molar-refractivity contribution is 6.32. The first-order valence-electron chi connectivity index (χ1n) is 17.1. The quantitative estimate of drug-likeness (QED) is 0.146. The summed E-state index contributed by atoms with van der Waals surface area (Å²) in [5, 5.41) is -0.358. The van der Waals surface area contributed by atoms with E-state index in [0.717, 1.165) is 28.3 Å². The van der Waals surface area contributed by atoms with E-state index >= 15 is 0 Å². The highest BCUT2D eigenvalue weighted by atomic mass is 35.5. The molecule has 2 amide bonds. The SMILES string of the molecule is COc1cccc(OC)c1C1(C2(c3c(OC)cccc3OC)OCC(=O)N2Cc2c(C)cc(C)cc2C)OCC(=O)N1Cc1ccc(OC(F)(F)F)c(Cl)c1. The van der Waals surface area contributed by atoms with Crippen molar-refractivity contribution < 1.29 is 55.9 Å². The maximum atomic E-state index is 14.6. The van der Waals surface area contributed by atoms with Crippen molar-refractivity contribution in [2.45, 2.75) is 51.7 Å². The number of halogens is 4. The Morgan fingerprint density at radius 1 is 0.673 bits per heavy atom. The Balaban J connectivity index is 1.74. The maximum Gasteiger partial charge on any atom is 0.573 e. The van der Waals surface area contributed by atoms with Gasteiger partial charge in [0.1, 0.15) is 42.0 Å². The molecule has 2 fully saturated rings. The summed E-state index contributed by atoms with van der Waals surface area (Å²) in [6.07, 6.45) is -5.00. The van der Waals surface area contributed by atoms with Crippen LogP contribution in [-0.2, 0) is 43.6 Å². The third-order valence-electron chi connectivity index (χ3n) is 9.88. The molecule has 0 saturated carbocycles. The summed E-state index contributed by atoms with van der Waals surface area (Å²) in [4.78, 5) is 32.0. The van der Waals surface area contributed by atoms with E-state index in [4.69, 9.17) is 40.0 Å². The summed E-state index contributed by atoms with van der Waals surface area (Å²) in [6.45, 7) is 4.52. The minimum Gasteiger partial charge on any atom is -0.496 e. The Labute approximate surface area is 321 Å². The van der Waals surface area contributed by atoms with Crippen LogP contribution in [0.5, 0.6) is 28.7 Å². The largest absolute Gasteiger partial charge is 0.573 e. The van der Waals surface area contributed by atoms with Crippen LogP contribution < -0.4 is 23.7 Å². The zero-order valence-electron chi connectivity index (χ0n) is 31.3. The van der Waals surface area contributed by atoms with Crippen LogP contribution in [0.2, 0.25) is 5.02 Å². The van der Waals surface area contributed by atoms with E-state index in [1.54, 1.807) is 36.4 Å². The van der Waals surface area contributed by atoms with Gasteiger partial charge in [-0.25, -0.2) is 0 Å². The number of benzene rings is 4. The van der Waals surface area contributed by atoms with Crippen molar-refractivity contribution in [1.82, 2.24) is 9.80 Å². The van der Waals surface area contributed by atoms with E-state index in [-0.39, 0.29) is 52.2 Å². The van der Waals surface area contributed by atoms with Gasteiger partial charge >= 0.3 is 6.36 Å². The number of nitrogens with zero attached hydrogens (tertiary/aromatic N) is 2. The van der Waals surface area contributed by atoms with E-state index in [1.807, 2.05) is 32.9 Å². The van der Waals surface area contributed by atoms with Crippen molar-refractivity contribution in [2.75, 3.05) is 41.7 Å². The van der Waals surface area contributed by atoms with Crippen LogP contribution in [0.25, 0.3) is 0 Å². The van der Waals surface area contributed by atoms with Gasteiger partial charge in [-0.3, -0.25) is 19.4 Å². The van der Waals surface area contributed by atoms with Crippen LogP contribution >= 0.6 is 11.6 Å². The predicted molar refractivity (Wildman–Crippen MR) is 194 cm³/mol. The minimum atomic E-state index is -5.00. The Hall–Kier alpha value is -5.18. The van der Waals surface area contributed by atoms with Gasteiger partial charge in [0.15, 0.2) is 0 Å². The van der Waals surface area contributed by atoms with E-state index in [0.29, 0.717) is 5.56 Å². The fourth-order valence-corrected chi connectivity index (χ4v) is 7.97. The molecule has 2 unspecified atom stereocenters. The van der Waals surface area contributed by atoms with Gasteiger partial charge in [0.25, 0.3) is 11.8 Å². The lowest BCUT2D eigenvalue weighted by Crippen LogP contribution is -2.65. The topological polar surface area (TPSA) is 105 Å². The molecule has 292 valence electrons. The first kappa shape index (κ1) is 39.5. The summed E-state index contributed by atoms with van der Waals surface area (Å²) >= 11 is 6.33. The molecule has 2 atom stereocenters. The molecule has 6 rings (SSSR count). The van der Waals surface area contributed by atoms with Crippen LogP contribution in [-0.4, -0.2) is 69.6 Å². The second-order valence-corrected chi connectivity index (χ2v) is 13.5. The average molecular weight is 785 g/mol. The third-order valence-corrected chi connectivity index (χ3v) is 10.2. The lowest BCUT2D eigenvalue weighted by molar-refractivity contribution is -0.286. The van der Waals surface area contributed by atoms with Gasteiger partial charge < -0.3 is 33.2 Å². The molecule has 15 heteroatoms. The van der Waals surface area contributed by atoms with Crippen molar-refractivity contribution in [1.29, 1.82) is 0 Å². The molecule has 11 nitrogen and oxygen atoms in total. The number of carbonyl (C=O) groups is 2. The minimum absolute atomic E-state index is 0.0299. The van der Waals surface area contributed by atoms with Crippen LogP contribution in [0, 0.1) is 20.8 Å². The molecule has 55 heavy (non-hydrogen) atoms. The molecule has 2 heterocycles. The van der Waals surface area contributed by atoms with E-state index in [2.05, 4.69) is 4.74 Å². The number of hydrogen-bond donors (Lipinski definition) is 0. The van der Waals surface area contributed by atoms with Gasteiger partial charge in [-0.15, -0.1) is 13.2 Å². The summed E-state index contributed by atoms with van der Waals surface area (Å²) in [5.74, 6) is -0.809. The molecule has 0 spiro atoms. The predicted octanol–water partition coefficient (Wildman–Crippen LogP) is 7.32. The first-order chi connectivity index (χ1) is 26.1. The smallest absolute Gasteiger partial charge is 0.496 e. The first-order valence-corrected chi connectivity index (χ1v) is 17.5. The number of aryl methyl sites for hydroxylation is 3. The van der Waals surface area contributed by atoms with Crippen LogP contribution in [0.15, 0.2) is 66.7 Å². The van der Waals surface area contributed by atoms with Crippen molar-refractivity contribution in [2.24, 2.45) is 0 Å². The number of methoxy groups -OCH3 is 4. The van der Waals surface area contributed by atoms with Crippen LogP contribution in [0.3, 0.4) is 0 Å². The van der Waals surface area contributed by atoms with E-state index < -0.39 is 48.6 Å². The van der Waals surface area contributed by atoms with Crippen LogP contribution in [0.4, 0.5) is 13.2 Å². The van der Waals surface area contributed by atoms with Crippen molar-refractivity contribution >= 4 is 23.4 Å². The number of amides is 2. The summed E-state index contributed by atoms with van der Waals surface area (Å²) in [7, 11) is 5.76. The van der Waals surface area contributed by atoms with Gasteiger partial charge in [-0.2, -0.15) is 0 Å². The zero-order chi connectivity index (χ0) is 39.9. The molecule has 0 bridgehead atoms. The number of rotatable bonds is 12. The van der Waals surface area contributed by atoms with Crippen molar-refractivity contribution in [3.8, 4) is 28.7 Å².